The minimum absolute atomic E-state index is 0.0691. The lowest BCUT2D eigenvalue weighted by Gasteiger charge is -2.32. The normalized spacial score (nSPS) is 21.4. The number of aryl methyl sites for hydroxylation is 2. The topological polar surface area (TPSA) is 90.0 Å². The average Bonchev–Trinajstić information content (AvgIpc) is 3.12. The third kappa shape index (κ3) is 4.43. The van der Waals surface area contributed by atoms with Crippen LogP contribution in [0.2, 0.25) is 0 Å². The van der Waals surface area contributed by atoms with Crippen molar-refractivity contribution in [3.05, 3.63) is 63.5 Å². The monoisotopic (exact) mass is 479 g/mol. The molecule has 0 bridgehead atoms. The van der Waals surface area contributed by atoms with Crippen LogP contribution in [-0.2, 0) is 22.7 Å². The highest BCUT2D eigenvalue weighted by atomic mass is 19.1. The molecule has 3 aliphatic heterocycles. The molecule has 184 valence electrons. The zero-order valence-electron chi connectivity index (χ0n) is 20.1. The number of carbonyl (C=O) groups is 3. The lowest BCUT2D eigenvalue weighted by molar-refractivity contribution is -0.136. The van der Waals surface area contributed by atoms with E-state index in [2.05, 4.69) is 10.2 Å². The number of benzene rings is 2. The number of hydrogen-bond donors (Lipinski definition) is 2. The predicted molar refractivity (Wildman–Crippen MR) is 127 cm³/mol. The number of likely N-dealkylation sites (tertiary alicyclic amines) is 1. The van der Waals surface area contributed by atoms with Gasteiger partial charge in [0.25, 0.3) is 5.91 Å². The molecule has 0 aromatic heterocycles. The van der Waals surface area contributed by atoms with Gasteiger partial charge in [0.2, 0.25) is 11.8 Å². The molecule has 3 aliphatic rings. The van der Waals surface area contributed by atoms with Gasteiger partial charge in [-0.1, -0.05) is 18.2 Å². The molecule has 0 aliphatic carbocycles. The summed E-state index contributed by atoms with van der Waals surface area (Å²) in [7, 11) is 0. The van der Waals surface area contributed by atoms with Gasteiger partial charge in [-0.25, -0.2) is 4.39 Å². The van der Waals surface area contributed by atoms with Gasteiger partial charge in [0, 0.05) is 25.1 Å². The minimum Gasteiger partial charge on any atom is -0.507 e. The Hall–Kier alpha value is -3.26. The van der Waals surface area contributed by atoms with Crippen LogP contribution in [0.15, 0.2) is 24.3 Å². The van der Waals surface area contributed by atoms with Gasteiger partial charge in [-0.3, -0.25) is 24.6 Å². The van der Waals surface area contributed by atoms with Crippen LogP contribution in [0.5, 0.6) is 5.75 Å². The fourth-order valence-corrected chi connectivity index (χ4v) is 5.72. The largest absolute Gasteiger partial charge is 0.507 e. The van der Waals surface area contributed by atoms with Crippen LogP contribution in [-0.4, -0.2) is 51.8 Å². The molecule has 35 heavy (non-hydrogen) atoms. The van der Waals surface area contributed by atoms with E-state index in [1.54, 1.807) is 0 Å². The number of rotatable bonds is 4. The Balaban J connectivity index is 1.26. The van der Waals surface area contributed by atoms with E-state index in [0.717, 1.165) is 54.7 Å². The van der Waals surface area contributed by atoms with Crippen LogP contribution in [0.25, 0.3) is 0 Å². The fraction of sp³-hybridized carbons (Fsp3) is 0.444. The summed E-state index contributed by atoms with van der Waals surface area (Å²) in [6.45, 7) is 6.52. The predicted octanol–water partition coefficient (Wildman–Crippen LogP) is 3.29. The molecule has 0 spiro atoms. The summed E-state index contributed by atoms with van der Waals surface area (Å²) in [5, 5.41) is 12.3. The highest BCUT2D eigenvalue weighted by Crippen LogP contribution is 2.36. The first-order valence-corrected chi connectivity index (χ1v) is 12.2. The van der Waals surface area contributed by atoms with Gasteiger partial charge in [0.1, 0.15) is 17.6 Å². The van der Waals surface area contributed by atoms with Crippen molar-refractivity contribution in [3.8, 4) is 5.75 Å². The summed E-state index contributed by atoms with van der Waals surface area (Å²) in [6, 6.07) is 6.46. The van der Waals surface area contributed by atoms with Gasteiger partial charge < -0.3 is 10.0 Å². The molecule has 2 N–H and O–H groups in total. The summed E-state index contributed by atoms with van der Waals surface area (Å²) in [4.78, 5) is 40.5. The maximum absolute atomic E-state index is 15.1. The number of carbonyl (C=O) groups excluding carboxylic acids is 3. The minimum atomic E-state index is -0.700. The van der Waals surface area contributed by atoms with Crippen molar-refractivity contribution < 1.29 is 23.9 Å². The molecule has 5 rings (SSSR count). The summed E-state index contributed by atoms with van der Waals surface area (Å²) < 4.78 is 15.1. The SMILES string of the molecule is Cc1cc(CN2CCC(c3cc4c(cc3F)C(=O)N(C3CCC(=O)NC3=O)C4)CC2)cc(C)c1O. The molecule has 8 heteroatoms. The molecule has 2 saturated heterocycles. The molecular weight excluding hydrogens is 449 g/mol. The number of hydrogen-bond acceptors (Lipinski definition) is 5. The van der Waals surface area contributed by atoms with Crippen molar-refractivity contribution in [3.63, 3.8) is 0 Å². The van der Waals surface area contributed by atoms with Crippen LogP contribution in [0.3, 0.4) is 0 Å². The molecule has 2 aromatic carbocycles. The number of aromatic hydroxyl groups is 1. The van der Waals surface area contributed by atoms with Gasteiger partial charge in [-0.2, -0.15) is 0 Å². The van der Waals surface area contributed by atoms with Crippen LogP contribution in [0.4, 0.5) is 4.39 Å². The lowest BCUT2D eigenvalue weighted by Crippen LogP contribution is -2.52. The Morgan fingerprint density at radius 3 is 2.37 bits per heavy atom. The smallest absolute Gasteiger partial charge is 0.255 e. The van der Waals surface area contributed by atoms with Gasteiger partial charge >= 0.3 is 0 Å². The molecule has 3 amide bonds. The Bertz CT molecular complexity index is 1200. The Morgan fingerprint density at radius 1 is 1.03 bits per heavy atom. The molecule has 2 aromatic rings. The molecule has 1 atom stereocenters. The van der Waals surface area contributed by atoms with Gasteiger partial charge in [-0.05, 0) is 86.0 Å². The quantitative estimate of drug-likeness (QED) is 0.657. The number of fused-ring (bicyclic) bond motifs is 1. The number of phenols is 1. The molecule has 2 fully saturated rings. The van der Waals surface area contributed by atoms with E-state index in [0.29, 0.717) is 16.9 Å². The van der Waals surface area contributed by atoms with E-state index in [4.69, 9.17) is 0 Å². The molecular formula is C27H30FN3O4. The average molecular weight is 480 g/mol. The standard InChI is InChI=1S/C27H30FN3O4/c1-15-9-17(10-16(2)25(15)33)13-30-7-5-18(6-8-30)20-11-19-14-31(27(35)21(19)12-22(20)28)23-3-4-24(32)29-26(23)34/h9-12,18,23,33H,3-8,13-14H2,1-2H3,(H,29,32,34). The summed E-state index contributed by atoms with van der Waals surface area (Å²) in [6.07, 6.45) is 2.11. The molecule has 0 saturated carbocycles. The second-order valence-electron chi connectivity index (χ2n) is 10.1. The molecule has 1 unspecified atom stereocenters. The number of halogens is 1. The van der Waals surface area contributed by atoms with Crippen LogP contribution >= 0.6 is 0 Å². The molecule has 7 nitrogen and oxygen atoms in total. The Morgan fingerprint density at radius 2 is 1.71 bits per heavy atom. The molecule has 3 heterocycles. The van der Waals surface area contributed by atoms with Gasteiger partial charge in [0.05, 0.1) is 0 Å². The first kappa shape index (κ1) is 23.5. The van der Waals surface area contributed by atoms with E-state index in [1.807, 2.05) is 32.0 Å². The van der Waals surface area contributed by atoms with Gasteiger partial charge in [-0.15, -0.1) is 0 Å². The van der Waals surface area contributed by atoms with E-state index >= 15 is 4.39 Å². The maximum Gasteiger partial charge on any atom is 0.255 e. The number of phenolic OH excluding ortho intramolecular Hbond substituents is 1. The first-order chi connectivity index (χ1) is 16.7. The third-order valence-corrected chi connectivity index (χ3v) is 7.63. The van der Waals surface area contributed by atoms with E-state index in [9.17, 15) is 19.5 Å². The van der Waals surface area contributed by atoms with Crippen molar-refractivity contribution >= 4 is 17.7 Å². The first-order valence-electron chi connectivity index (χ1n) is 12.2. The van der Waals surface area contributed by atoms with Crippen molar-refractivity contribution in [2.24, 2.45) is 0 Å². The highest BCUT2D eigenvalue weighted by Gasteiger charge is 2.40. The fourth-order valence-electron chi connectivity index (χ4n) is 5.72. The number of amides is 3. The van der Waals surface area contributed by atoms with Gasteiger partial charge in [0.15, 0.2) is 0 Å². The van der Waals surface area contributed by atoms with Crippen molar-refractivity contribution in [2.75, 3.05) is 13.1 Å². The third-order valence-electron chi connectivity index (χ3n) is 7.63. The lowest BCUT2D eigenvalue weighted by atomic mass is 9.87. The summed E-state index contributed by atoms with van der Waals surface area (Å²) in [5.41, 5.74) is 4.59. The zero-order valence-corrected chi connectivity index (χ0v) is 20.1. The zero-order chi connectivity index (χ0) is 24.9. The van der Waals surface area contributed by atoms with E-state index in [1.165, 1.54) is 11.0 Å². The van der Waals surface area contributed by atoms with Crippen LogP contribution in [0, 0.1) is 19.7 Å². The summed E-state index contributed by atoms with van der Waals surface area (Å²) in [5.74, 6) is -1.10. The summed E-state index contributed by atoms with van der Waals surface area (Å²) >= 11 is 0. The van der Waals surface area contributed by atoms with Crippen molar-refractivity contribution in [2.45, 2.75) is 64.6 Å². The van der Waals surface area contributed by atoms with Crippen LogP contribution < -0.4 is 5.32 Å². The van der Waals surface area contributed by atoms with Crippen molar-refractivity contribution in [1.82, 2.24) is 15.1 Å². The highest BCUT2D eigenvalue weighted by molar-refractivity contribution is 6.05. The van der Waals surface area contributed by atoms with Crippen LogP contribution in [0.1, 0.15) is 69.8 Å². The number of imide groups is 1. The van der Waals surface area contributed by atoms with E-state index in [-0.39, 0.29) is 42.9 Å². The number of piperidine rings is 2. The van der Waals surface area contributed by atoms with Crippen molar-refractivity contribution in [1.29, 1.82) is 0 Å². The number of nitrogens with one attached hydrogen (secondary N) is 1. The maximum atomic E-state index is 15.1. The number of nitrogens with zero attached hydrogens (tertiary/aromatic N) is 2. The Labute approximate surface area is 203 Å². The van der Waals surface area contributed by atoms with E-state index < -0.39 is 11.9 Å². The Kier molecular flexibility index (Phi) is 6.09. The molecule has 0 radical (unpaired) electrons. The second kappa shape index (κ2) is 9.07. The second-order valence-corrected chi connectivity index (χ2v) is 10.1.